The summed E-state index contributed by atoms with van der Waals surface area (Å²) in [6.45, 7) is 0.299. The van der Waals surface area contributed by atoms with Crippen molar-refractivity contribution in [3.8, 4) is 0 Å². The minimum atomic E-state index is -0.850. The number of hydrogen-bond acceptors (Lipinski definition) is 4. The average molecular weight is 162 g/mol. The second-order valence-corrected chi connectivity index (χ2v) is 2.82. The van der Waals surface area contributed by atoms with Crippen LogP contribution in [-0.4, -0.2) is 40.9 Å². The quantitative estimate of drug-likeness (QED) is 0.502. The third kappa shape index (κ3) is 2.13. The van der Waals surface area contributed by atoms with E-state index in [0.717, 1.165) is 0 Å². The van der Waals surface area contributed by atoms with Crippen LogP contribution in [0, 0.1) is 5.92 Å². The summed E-state index contributed by atoms with van der Waals surface area (Å²) in [6.07, 6.45) is -0.214. The van der Waals surface area contributed by atoms with Gasteiger partial charge in [0.1, 0.15) is 0 Å². The SMILES string of the molecule is OCCCC1C(O)COC1O. The minimum absolute atomic E-state index is 0.0932. The first-order chi connectivity index (χ1) is 5.25. The van der Waals surface area contributed by atoms with Crippen molar-refractivity contribution in [2.75, 3.05) is 13.2 Å². The molecule has 1 fully saturated rings. The number of hydrogen-bond donors (Lipinski definition) is 3. The molecule has 0 aromatic carbocycles. The van der Waals surface area contributed by atoms with Gasteiger partial charge in [0.2, 0.25) is 0 Å². The lowest BCUT2D eigenvalue weighted by Crippen LogP contribution is -2.23. The van der Waals surface area contributed by atoms with Gasteiger partial charge in [0.15, 0.2) is 6.29 Å². The van der Waals surface area contributed by atoms with Crippen LogP contribution in [0.25, 0.3) is 0 Å². The van der Waals surface area contributed by atoms with Crippen molar-refractivity contribution in [3.05, 3.63) is 0 Å². The maximum absolute atomic E-state index is 9.22. The molecule has 3 unspecified atom stereocenters. The van der Waals surface area contributed by atoms with Gasteiger partial charge < -0.3 is 20.1 Å². The molecular weight excluding hydrogens is 148 g/mol. The van der Waals surface area contributed by atoms with E-state index in [1.807, 2.05) is 0 Å². The molecule has 1 heterocycles. The Morgan fingerprint density at radius 2 is 2.09 bits per heavy atom. The Hall–Kier alpha value is -0.160. The predicted molar refractivity (Wildman–Crippen MR) is 37.8 cm³/mol. The monoisotopic (exact) mass is 162 g/mol. The van der Waals surface area contributed by atoms with Crippen LogP contribution in [0.1, 0.15) is 12.8 Å². The van der Waals surface area contributed by atoms with E-state index < -0.39 is 12.4 Å². The van der Waals surface area contributed by atoms with Crippen LogP contribution in [0.4, 0.5) is 0 Å². The van der Waals surface area contributed by atoms with Crippen LogP contribution in [0.5, 0.6) is 0 Å². The molecule has 0 aromatic rings. The van der Waals surface area contributed by atoms with E-state index in [1.54, 1.807) is 0 Å². The van der Waals surface area contributed by atoms with Crippen molar-refractivity contribution in [1.82, 2.24) is 0 Å². The molecule has 66 valence electrons. The van der Waals surface area contributed by atoms with Gasteiger partial charge >= 0.3 is 0 Å². The molecule has 0 amide bonds. The molecular formula is C7H14O4. The Labute approximate surface area is 65.4 Å². The molecule has 1 rings (SSSR count). The minimum Gasteiger partial charge on any atom is -0.396 e. The van der Waals surface area contributed by atoms with E-state index >= 15 is 0 Å². The van der Waals surface area contributed by atoms with Gasteiger partial charge in [-0.25, -0.2) is 0 Å². The van der Waals surface area contributed by atoms with Crippen LogP contribution in [-0.2, 0) is 4.74 Å². The lowest BCUT2D eigenvalue weighted by Gasteiger charge is -2.14. The molecule has 0 saturated carbocycles. The summed E-state index contributed by atoms with van der Waals surface area (Å²) in [4.78, 5) is 0. The van der Waals surface area contributed by atoms with Gasteiger partial charge in [-0.2, -0.15) is 0 Å². The molecule has 4 nitrogen and oxygen atoms in total. The van der Waals surface area contributed by atoms with Crippen molar-refractivity contribution in [2.45, 2.75) is 25.2 Å². The summed E-state index contributed by atoms with van der Waals surface area (Å²) < 4.78 is 4.80. The molecule has 1 aliphatic heterocycles. The Bertz CT molecular complexity index is 107. The largest absolute Gasteiger partial charge is 0.396 e. The summed E-state index contributed by atoms with van der Waals surface area (Å²) in [5.41, 5.74) is 0. The lowest BCUT2D eigenvalue weighted by molar-refractivity contribution is -0.0845. The zero-order valence-corrected chi connectivity index (χ0v) is 6.31. The summed E-state index contributed by atoms with van der Waals surface area (Å²) in [6, 6.07) is 0. The first kappa shape index (κ1) is 8.93. The zero-order valence-electron chi connectivity index (χ0n) is 6.31. The maximum atomic E-state index is 9.22. The first-order valence-corrected chi connectivity index (χ1v) is 3.84. The molecule has 11 heavy (non-hydrogen) atoms. The molecule has 0 aromatic heterocycles. The molecule has 0 radical (unpaired) electrons. The van der Waals surface area contributed by atoms with Gasteiger partial charge in [-0.05, 0) is 12.8 Å². The van der Waals surface area contributed by atoms with E-state index in [9.17, 15) is 5.11 Å². The molecule has 0 spiro atoms. The van der Waals surface area contributed by atoms with Gasteiger partial charge in [-0.1, -0.05) is 0 Å². The Kier molecular flexibility index (Phi) is 3.26. The van der Waals surface area contributed by atoms with Crippen LogP contribution < -0.4 is 0 Å². The van der Waals surface area contributed by atoms with Crippen LogP contribution in [0.2, 0.25) is 0 Å². The Morgan fingerprint density at radius 3 is 2.55 bits per heavy atom. The van der Waals surface area contributed by atoms with E-state index in [2.05, 4.69) is 0 Å². The van der Waals surface area contributed by atoms with E-state index in [4.69, 9.17) is 14.9 Å². The molecule has 4 heteroatoms. The zero-order chi connectivity index (χ0) is 8.27. The third-order valence-electron chi connectivity index (χ3n) is 1.99. The second kappa shape index (κ2) is 4.01. The molecule has 0 bridgehead atoms. The highest BCUT2D eigenvalue weighted by Gasteiger charge is 2.33. The lowest BCUT2D eigenvalue weighted by atomic mass is 9.99. The van der Waals surface area contributed by atoms with Gasteiger partial charge in [0.05, 0.1) is 12.7 Å². The molecule has 0 aliphatic carbocycles. The highest BCUT2D eigenvalue weighted by molar-refractivity contribution is 4.76. The van der Waals surface area contributed by atoms with Crippen molar-refractivity contribution in [2.24, 2.45) is 5.92 Å². The number of rotatable bonds is 3. The fourth-order valence-corrected chi connectivity index (χ4v) is 1.30. The van der Waals surface area contributed by atoms with Gasteiger partial charge in [-0.15, -0.1) is 0 Å². The number of aliphatic hydroxyl groups is 3. The van der Waals surface area contributed by atoms with Crippen molar-refractivity contribution in [3.63, 3.8) is 0 Å². The van der Waals surface area contributed by atoms with Gasteiger partial charge in [0.25, 0.3) is 0 Å². The first-order valence-electron chi connectivity index (χ1n) is 3.84. The smallest absolute Gasteiger partial charge is 0.160 e. The summed E-state index contributed by atoms with van der Waals surface area (Å²) in [7, 11) is 0. The third-order valence-corrected chi connectivity index (χ3v) is 1.99. The van der Waals surface area contributed by atoms with Crippen LogP contribution in [0.15, 0.2) is 0 Å². The number of aliphatic hydroxyl groups excluding tert-OH is 3. The highest BCUT2D eigenvalue weighted by atomic mass is 16.6. The molecule has 1 saturated heterocycles. The van der Waals surface area contributed by atoms with Gasteiger partial charge in [0, 0.05) is 12.5 Å². The Morgan fingerprint density at radius 1 is 1.36 bits per heavy atom. The average Bonchev–Trinajstić information content (AvgIpc) is 2.29. The van der Waals surface area contributed by atoms with Crippen LogP contribution >= 0.6 is 0 Å². The maximum Gasteiger partial charge on any atom is 0.160 e. The summed E-state index contributed by atoms with van der Waals surface area (Å²) >= 11 is 0. The second-order valence-electron chi connectivity index (χ2n) is 2.82. The molecule has 3 N–H and O–H groups in total. The summed E-state index contributed by atoms with van der Waals surface area (Å²) in [5.74, 6) is -0.220. The molecule has 1 aliphatic rings. The van der Waals surface area contributed by atoms with E-state index in [1.165, 1.54) is 0 Å². The molecule has 3 atom stereocenters. The van der Waals surface area contributed by atoms with Crippen LogP contribution in [0.3, 0.4) is 0 Å². The fraction of sp³-hybridized carbons (Fsp3) is 1.00. The predicted octanol–water partition coefficient (Wildman–Crippen LogP) is -0.915. The van der Waals surface area contributed by atoms with Crippen molar-refractivity contribution < 1.29 is 20.1 Å². The fourth-order valence-electron chi connectivity index (χ4n) is 1.30. The van der Waals surface area contributed by atoms with E-state index in [-0.39, 0.29) is 19.1 Å². The van der Waals surface area contributed by atoms with Gasteiger partial charge in [-0.3, -0.25) is 0 Å². The summed E-state index contributed by atoms with van der Waals surface area (Å²) in [5, 5.41) is 26.8. The topological polar surface area (TPSA) is 69.9 Å². The number of ether oxygens (including phenoxy) is 1. The highest BCUT2D eigenvalue weighted by Crippen LogP contribution is 2.23. The Balaban J connectivity index is 2.29. The van der Waals surface area contributed by atoms with Crippen molar-refractivity contribution in [1.29, 1.82) is 0 Å². The standard InChI is InChI=1S/C7H14O4/c8-3-1-2-5-6(9)4-11-7(5)10/h5-10H,1-4H2. The van der Waals surface area contributed by atoms with E-state index in [0.29, 0.717) is 12.8 Å². The normalized spacial score (nSPS) is 37.9. The van der Waals surface area contributed by atoms with Crippen molar-refractivity contribution >= 4 is 0 Å².